The molecule has 0 aliphatic carbocycles. The molecule has 0 spiro atoms. The van der Waals surface area contributed by atoms with Gasteiger partial charge in [-0.1, -0.05) is 15.9 Å². The van der Waals surface area contributed by atoms with Gasteiger partial charge in [0.15, 0.2) is 5.11 Å². The Balaban J connectivity index is 1.87. The van der Waals surface area contributed by atoms with Crippen molar-refractivity contribution in [3.05, 3.63) is 64.1 Å². The minimum atomic E-state index is -0.302. The lowest BCUT2D eigenvalue weighted by molar-refractivity contribution is 0.0935. The Bertz CT molecular complexity index is 779. The van der Waals surface area contributed by atoms with Crippen LogP contribution in [0.3, 0.4) is 0 Å². The van der Waals surface area contributed by atoms with E-state index in [-0.39, 0.29) is 16.9 Å². The van der Waals surface area contributed by atoms with Crippen molar-refractivity contribution in [2.75, 3.05) is 25.6 Å². The number of amides is 2. The number of ether oxygens (including phenoxy) is 1. The van der Waals surface area contributed by atoms with E-state index in [0.717, 1.165) is 4.47 Å². The molecule has 0 fully saturated rings. The number of methoxy groups -OCH3 is 1. The smallest absolute Gasteiger partial charge is 0.257 e. The molecular weight excluding hydrogens is 418 g/mol. The number of halogens is 1. The highest BCUT2D eigenvalue weighted by Crippen LogP contribution is 2.11. The second kappa shape index (κ2) is 10.0. The number of carbonyl (C=O) groups excluding carboxylic acids is 2. The van der Waals surface area contributed by atoms with Gasteiger partial charge in [0, 0.05) is 34.9 Å². The minimum absolute atomic E-state index is 0.176. The maximum Gasteiger partial charge on any atom is 0.257 e. The highest BCUT2D eigenvalue weighted by atomic mass is 79.9. The molecule has 0 aromatic heterocycles. The monoisotopic (exact) mass is 435 g/mol. The fourth-order valence-corrected chi connectivity index (χ4v) is 2.49. The van der Waals surface area contributed by atoms with Gasteiger partial charge in [-0.3, -0.25) is 14.9 Å². The lowest BCUT2D eigenvalue weighted by Crippen LogP contribution is -2.34. The fourth-order valence-electron chi connectivity index (χ4n) is 2.01. The molecule has 0 bridgehead atoms. The van der Waals surface area contributed by atoms with Crippen molar-refractivity contribution in [1.82, 2.24) is 10.6 Å². The van der Waals surface area contributed by atoms with Crippen molar-refractivity contribution < 1.29 is 14.3 Å². The van der Waals surface area contributed by atoms with Crippen LogP contribution in [0.1, 0.15) is 20.7 Å². The lowest BCUT2D eigenvalue weighted by Gasteiger charge is -2.10. The summed E-state index contributed by atoms with van der Waals surface area (Å²) in [5.74, 6) is -0.483. The van der Waals surface area contributed by atoms with Crippen molar-refractivity contribution >= 4 is 50.8 Å². The van der Waals surface area contributed by atoms with Gasteiger partial charge < -0.3 is 15.4 Å². The maximum atomic E-state index is 12.1. The first-order chi connectivity index (χ1) is 12.5. The molecule has 0 heterocycles. The molecule has 2 aromatic rings. The third-order valence-corrected chi connectivity index (χ3v) is 4.06. The van der Waals surface area contributed by atoms with Crippen LogP contribution >= 0.6 is 28.1 Å². The summed E-state index contributed by atoms with van der Waals surface area (Å²) in [6, 6.07) is 13.7. The standard InChI is InChI=1S/C18H18BrN3O3S/c1-25-11-10-20-16(23)12-4-8-15(9-5-12)21-18(26)22-17(24)13-2-6-14(19)7-3-13/h2-9H,10-11H2,1H3,(H,20,23)(H2,21,22,24,26). The summed E-state index contributed by atoms with van der Waals surface area (Å²) in [4.78, 5) is 24.0. The molecule has 136 valence electrons. The van der Waals surface area contributed by atoms with Gasteiger partial charge in [0.2, 0.25) is 0 Å². The second-order valence-corrected chi connectivity index (χ2v) is 6.57. The number of hydrogen-bond acceptors (Lipinski definition) is 4. The maximum absolute atomic E-state index is 12.1. The van der Waals surface area contributed by atoms with Crippen molar-refractivity contribution in [3.8, 4) is 0 Å². The van der Waals surface area contributed by atoms with E-state index in [1.807, 2.05) is 0 Å². The molecule has 0 aliphatic rings. The van der Waals surface area contributed by atoms with Gasteiger partial charge in [-0.15, -0.1) is 0 Å². The first kappa shape index (κ1) is 20.0. The van der Waals surface area contributed by atoms with E-state index in [0.29, 0.717) is 30.0 Å². The Labute approximate surface area is 165 Å². The van der Waals surface area contributed by atoms with Gasteiger partial charge in [0.25, 0.3) is 11.8 Å². The van der Waals surface area contributed by atoms with E-state index >= 15 is 0 Å². The van der Waals surface area contributed by atoms with Gasteiger partial charge in [-0.05, 0) is 60.7 Å². The molecule has 0 unspecified atom stereocenters. The Morgan fingerprint density at radius 3 is 2.19 bits per heavy atom. The Morgan fingerprint density at radius 2 is 1.58 bits per heavy atom. The predicted molar refractivity (Wildman–Crippen MR) is 108 cm³/mol. The average molecular weight is 436 g/mol. The third kappa shape index (κ3) is 6.21. The van der Waals surface area contributed by atoms with Crippen LogP contribution in [0.15, 0.2) is 53.0 Å². The quantitative estimate of drug-likeness (QED) is 0.480. The molecule has 0 saturated heterocycles. The van der Waals surface area contributed by atoms with E-state index in [9.17, 15) is 9.59 Å². The number of benzene rings is 2. The van der Waals surface area contributed by atoms with E-state index in [2.05, 4.69) is 31.9 Å². The highest BCUT2D eigenvalue weighted by Gasteiger charge is 2.09. The Hall–Kier alpha value is -2.29. The zero-order chi connectivity index (χ0) is 18.9. The summed E-state index contributed by atoms with van der Waals surface area (Å²) < 4.78 is 5.77. The van der Waals surface area contributed by atoms with Crippen LogP contribution in [0, 0.1) is 0 Å². The lowest BCUT2D eigenvalue weighted by atomic mass is 10.2. The van der Waals surface area contributed by atoms with Crippen LogP contribution in [-0.4, -0.2) is 37.2 Å². The summed E-state index contributed by atoms with van der Waals surface area (Å²) in [5, 5.41) is 8.43. The van der Waals surface area contributed by atoms with Crippen LogP contribution in [0.2, 0.25) is 0 Å². The van der Waals surface area contributed by atoms with E-state index < -0.39 is 0 Å². The van der Waals surface area contributed by atoms with Crippen LogP contribution in [0.25, 0.3) is 0 Å². The third-order valence-electron chi connectivity index (χ3n) is 3.33. The summed E-state index contributed by atoms with van der Waals surface area (Å²) >= 11 is 8.47. The van der Waals surface area contributed by atoms with E-state index in [1.54, 1.807) is 55.6 Å². The minimum Gasteiger partial charge on any atom is -0.383 e. The summed E-state index contributed by atoms with van der Waals surface area (Å²) in [6.45, 7) is 0.902. The molecule has 26 heavy (non-hydrogen) atoms. The molecule has 8 heteroatoms. The second-order valence-electron chi connectivity index (χ2n) is 5.24. The van der Waals surface area contributed by atoms with E-state index in [1.165, 1.54) is 0 Å². The summed E-state index contributed by atoms with van der Waals surface area (Å²) in [6.07, 6.45) is 0. The number of rotatable bonds is 6. The topological polar surface area (TPSA) is 79.5 Å². The normalized spacial score (nSPS) is 10.1. The molecule has 2 amide bonds. The Kier molecular flexibility index (Phi) is 7.71. The van der Waals surface area contributed by atoms with Crippen LogP contribution in [-0.2, 0) is 4.74 Å². The highest BCUT2D eigenvalue weighted by molar-refractivity contribution is 9.10. The van der Waals surface area contributed by atoms with Crippen molar-refractivity contribution in [2.24, 2.45) is 0 Å². The Morgan fingerprint density at radius 1 is 1.00 bits per heavy atom. The largest absolute Gasteiger partial charge is 0.383 e. The van der Waals surface area contributed by atoms with E-state index in [4.69, 9.17) is 17.0 Å². The van der Waals surface area contributed by atoms with Crippen molar-refractivity contribution in [3.63, 3.8) is 0 Å². The number of anilines is 1. The van der Waals surface area contributed by atoms with Gasteiger partial charge in [-0.25, -0.2) is 0 Å². The molecule has 0 saturated carbocycles. The van der Waals surface area contributed by atoms with Crippen LogP contribution < -0.4 is 16.0 Å². The molecule has 2 aromatic carbocycles. The molecule has 6 nitrogen and oxygen atoms in total. The first-order valence-electron chi connectivity index (χ1n) is 7.74. The summed E-state index contributed by atoms with van der Waals surface area (Å²) in [5.41, 5.74) is 1.69. The van der Waals surface area contributed by atoms with Crippen molar-refractivity contribution in [1.29, 1.82) is 0 Å². The first-order valence-corrected chi connectivity index (χ1v) is 8.95. The number of carbonyl (C=O) groups is 2. The number of hydrogen-bond donors (Lipinski definition) is 3. The van der Waals surface area contributed by atoms with Gasteiger partial charge >= 0.3 is 0 Å². The van der Waals surface area contributed by atoms with Crippen LogP contribution in [0.4, 0.5) is 5.69 Å². The molecule has 3 N–H and O–H groups in total. The summed E-state index contributed by atoms with van der Waals surface area (Å²) in [7, 11) is 1.57. The van der Waals surface area contributed by atoms with Gasteiger partial charge in [0.1, 0.15) is 0 Å². The van der Waals surface area contributed by atoms with Gasteiger partial charge in [-0.2, -0.15) is 0 Å². The molecule has 2 rings (SSSR count). The molecule has 0 radical (unpaired) electrons. The molecular formula is C18H18BrN3O3S. The molecule has 0 atom stereocenters. The number of thiocarbonyl (C=S) groups is 1. The molecule has 0 aliphatic heterocycles. The van der Waals surface area contributed by atoms with Gasteiger partial charge in [0.05, 0.1) is 6.61 Å². The number of nitrogens with one attached hydrogen (secondary N) is 3. The van der Waals surface area contributed by atoms with Crippen LogP contribution in [0.5, 0.6) is 0 Å². The fraction of sp³-hybridized carbons (Fsp3) is 0.167. The zero-order valence-electron chi connectivity index (χ0n) is 14.0. The average Bonchev–Trinajstić information content (AvgIpc) is 2.62. The van der Waals surface area contributed by atoms with Crippen molar-refractivity contribution in [2.45, 2.75) is 0 Å². The predicted octanol–water partition coefficient (Wildman–Crippen LogP) is 2.95. The zero-order valence-corrected chi connectivity index (χ0v) is 16.4. The SMILES string of the molecule is COCCNC(=O)c1ccc(NC(=S)NC(=O)c2ccc(Br)cc2)cc1.